The van der Waals surface area contributed by atoms with E-state index in [0.717, 1.165) is 23.2 Å². The maximum atomic E-state index is 12.6. The predicted octanol–water partition coefficient (Wildman–Crippen LogP) is 3.33. The van der Waals surface area contributed by atoms with Crippen LogP contribution in [-0.2, 0) is 23.0 Å². The van der Waals surface area contributed by atoms with Crippen molar-refractivity contribution in [2.75, 3.05) is 31.2 Å². The van der Waals surface area contributed by atoms with Gasteiger partial charge < -0.3 is 10.2 Å². The van der Waals surface area contributed by atoms with E-state index in [9.17, 15) is 13.2 Å². The lowest BCUT2D eigenvalue weighted by atomic mass is 10.00. The number of benzene rings is 2. The molecule has 1 N–H and O–H groups in total. The summed E-state index contributed by atoms with van der Waals surface area (Å²) in [6.45, 7) is 2.25. The first-order valence-electron chi connectivity index (χ1n) is 9.77. The molecule has 2 aliphatic rings. The van der Waals surface area contributed by atoms with E-state index in [1.807, 2.05) is 47.4 Å². The number of nitrogens with zero attached hydrogens (tertiary/aromatic N) is 2. The van der Waals surface area contributed by atoms with Crippen LogP contribution in [0, 0.1) is 0 Å². The molecule has 2 aromatic rings. The molecule has 0 unspecified atom stereocenters. The lowest BCUT2D eigenvalue weighted by Gasteiger charge is -2.29. The normalized spacial score (nSPS) is 17.4. The number of carbonyl (C=O) groups is 1. The zero-order valence-corrected chi connectivity index (χ0v) is 17.3. The summed E-state index contributed by atoms with van der Waals surface area (Å²) in [5.74, 6) is 0. The zero-order valence-electron chi connectivity index (χ0n) is 16.5. The van der Waals surface area contributed by atoms with Gasteiger partial charge in [-0.2, -0.15) is 4.31 Å². The lowest BCUT2D eigenvalue weighted by Crippen LogP contribution is -2.38. The number of amides is 2. The molecule has 2 amide bonds. The summed E-state index contributed by atoms with van der Waals surface area (Å²) in [6, 6.07) is 15.9. The minimum atomic E-state index is -3.14. The molecule has 0 spiro atoms. The monoisotopic (exact) mass is 411 g/mol. The van der Waals surface area contributed by atoms with E-state index in [0.29, 0.717) is 32.6 Å². The van der Waals surface area contributed by atoms with Crippen molar-refractivity contribution in [1.82, 2.24) is 9.21 Å². The van der Waals surface area contributed by atoms with E-state index in [2.05, 4.69) is 17.4 Å². The summed E-state index contributed by atoms with van der Waals surface area (Å²) in [7, 11) is -3.14. The Kier molecular flexibility index (Phi) is 5.43. The molecule has 152 valence electrons. The minimum Gasteiger partial charge on any atom is -0.320 e. The summed E-state index contributed by atoms with van der Waals surface area (Å²) in [5.41, 5.74) is 5.47. The summed E-state index contributed by atoms with van der Waals surface area (Å²) in [6.07, 6.45) is 4.76. The highest BCUT2D eigenvalue weighted by molar-refractivity contribution is 7.88. The molecule has 0 bridgehead atoms. The Morgan fingerprint density at radius 1 is 0.966 bits per heavy atom. The smallest absolute Gasteiger partial charge is 0.320 e. The third-order valence-corrected chi connectivity index (χ3v) is 6.84. The van der Waals surface area contributed by atoms with Crippen molar-refractivity contribution in [2.24, 2.45) is 0 Å². The molecule has 6 nitrogen and oxygen atoms in total. The van der Waals surface area contributed by atoms with Crippen molar-refractivity contribution in [3.63, 3.8) is 0 Å². The largest absolute Gasteiger partial charge is 0.322 e. The maximum Gasteiger partial charge on any atom is 0.322 e. The van der Waals surface area contributed by atoms with E-state index in [1.54, 1.807) is 0 Å². The quantitative estimate of drug-likeness (QED) is 0.842. The fraction of sp³-hybridized carbons (Fsp3) is 0.318. The molecule has 29 heavy (non-hydrogen) atoms. The average molecular weight is 412 g/mol. The number of nitrogens with one attached hydrogen (secondary N) is 1. The van der Waals surface area contributed by atoms with Crippen LogP contribution in [0.1, 0.15) is 23.1 Å². The van der Waals surface area contributed by atoms with E-state index < -0.39 is 10.0 Å². The summed E-state index contributed by atoms with van der Waals surface area (Å²) >= 11 is 0. The second-order valence-corrected chi connectivity index (χ2v) is 9.53. The zero-order chi connectivity index (χ0) is 20.4. The van der Waals surface area contributed by atoms with E-state index >= 15 is 0 Å². The number of urea groups is 1. The van der Waals surface area contributed by atoms with Gasteiger partial charge >= 0.3 is 6.03 Å². The summed E-state index contributed by atoms with van der Waals surface area (Å²) < 4.78 is 24.7. The van der Waals surface area contributed by atoms with Crippen LogP contribution < -0.4 is 5.32 Å². The van der Waals surface area contributed by atoms with E-state index in [-0.39, 0.29) is 6.03 Å². The number of fused-ring (bicyclic) bond motifs is 1. The van der Waals surface area contributed by atoms with Gasteiger partial charge in [0.25, 0.3) is 0 Å². The summed E-state index contributed by atoms with van der Waals surface area (Å²) in [4.78, 5) is 14.5. The number of rotatable bonds is 3. The van der Waals surface area contributed by atoms with Crippen LogP contribution in [-0.4, -0.2) is 49.5 Å². The highest BCUT2D eigenvalue weighted by atomic mass is 32.2. The number of carbonyl (C=O) groups excluding carboxylic acids is 1. The Morgan fingerprint density at radius 3 is 2.34 bits per heavy atom. The molecule has 0 aliphatic carbocycles. The van der Waals surface area contributed by atoms with Gasteiger partial charge in [-0.05, 0) is 47.2 Å². The Hall–Kier alpha value is -2.64. The minimum absolute atomic E-state index is 0.0899. The molecule has 0 atom stereocenters. The Balaban J connectivity index is 1.38. The van der Waals surface area contributed by atoms with Gasteiger partial charge in [0.15, 0.2) is 0 Å². The van der Waals surface area contributed by atoms with Gasteiger partial charge in [-0.3, -0.25) is 0 Å². The van der Waals surface area contributed by atoms with Crippen LogP contribution in [0.15, 0.2) is 54.6 Å². The first-order chi connectivity index (χ1) is 13.9. The van der Waals surface area contributed by atoms with Gasteiger partial charge in [-0.15, -0.1) is 0 Å². The molecule has 0 saturated heterocycles. The van der Waals surface area contributed by atoms with Crippen molar-refractivity contribution < 1.29 is 13.2 Å². The third kappa shape index (κ3) is 4.52. The lowest BCUT2D eigenvalue weighted by molar-refractivity contribution is 0.206. The predicted molar refractivity (Wildman–Crippen MR) is 115 cm³/mol. The molecule has 2 aromatic carbocycles. The summed E-state index contributed by atoms with van der Waals surface area (Å²) in [5, 5.41) is 2.98. The second-order valence-electron chi connectivity index (χ2n) is 7.55. The number of hydrogen-bond donors (Lipinski definition) is 1. The number of hydrogen-bond acceptors (Lipinski definition) is 3. The van der Waals surface area contributed by atoms with Gasteiger partial charge in [0, 0.05) is 31.9 Å². The fourth-order valence-corrected chi connectivity index (χ4v) is 4.62. The SMILES string of the molecule is CS(=O)(=O)N1CC=C(c2ccc(NC(=O)N3CCc4ccccc4C3)cc2)CC1. The Labute approximate surface area is 171 Å². The molecular weight excluding hydrogens is 386 g/mol. The van der Waals surface area contributed by atoms with Crippen molar-refractivity contribution in [2.45, 2.75) is 19.4 Å². The number of anilines is 1. The molecule has 0 fully saturated rings. The first kappa shape index (κ1) is 19.7. The van der Waals surface area contributed by atoms with Crippen LogP contribution in [0.3, 0.4) is 0 Å². The standard InChI is InChI=1S/C22H25N3O3S/c1-29(27,28)25-14-11-19(12-15-25)18-6-8-21(9-7-18)23-22(26)24-13-10-17-4-2-3-5-20(17)16-24/h2-9,11H,10,12-16H2,1H3,(H,23,26). The highest BCUT2D eigenvalue weighted by Gasteiger charge is 2.21. The van der Waals surface area contributed by atoms with Crippen LogP contribution in [0.5, 0.6) is 0 Å². The second kappa shape index (κ2) is 8.00. The van der Waals surface area contributed by atoms with Crippen LogP contribution in [0.4, 0.5) is 10.5 Å². The van der Waals surface area contributed by atoms with Gasteiger partial charge in [-0.1, -0.05) is 42.5 Å². The molecule has 0 aromatic heterocycles. The molecule has 7 heteroatoms. The van der Waals surface area contributed by atoms with Gasteiger partial charge in [0.2, 0.25) is 10.0 Å². The van der Waals surface area contributed by atoms with E-state index in [1.165, 1.54) is 21.7 Å². The molecule has 2 aliphatic heterocycles. The molecule has 2 heterocycles. The Morgan fingerprint density at radius 2 is 1.69 bits per heavy atom. The highest BCUT2D eigenvalue weighted by Crippen LogP contribution is 2.25. The molecule has 4 rings (SSSR count). The van der Waals surface area contributed by atoms with Crippen LogP contribution in [0.25, 0.3) is 5.57 Å². The van der Waals surface area contributed by atoms with Gasteiger partial charge in [0.05, 0.1) is 6.26 Å². The van der Waals surface area contributed by atoms with Crippen LogP contribution in [0.2, 0.25) is 0 Å². The molecular formula is C22H25N3O3S. The number of sulfonamides is 1. The van der Waals surface area contributed by atoms with Crippen molar-refractivity contribution in [3.8, 4) is 0 Å². The van der Waals surface area contributed by atoms with Crippen molar-refractivity contribution >= 4 is 27.3 Å². The fourth-order valence-electron chi connectivity index (χ4n) is 3.85. The third-order valence-electron chi connectivity index (χ3n) is 5.57. The van der Waals surface area contributed by atoms with Gasteiger partial charge in [0.1, 0.15) is 0 Å². The van der Waals surface area contributed by atoms with Crippen molar-refractivity contribution in [3.05, 3.63) is 71.3 Å². The van der Waals surface area contributed by atoms with Crippen LogP contribution >= 0.6 is 0 Å². The van der Waals surface area contributed by atoms with Gasteiger partial charge in [-0.25, -0.2) is 13.2 Å². The average Bonchev–Trinajstić information content (AvgIpc) is 2.73. The van der Waals surface area contributed by atoms with E-state index in [4.69, 9.17) is 0 Å². The van der Waals surface area contributed by atoms with Crippen molar-refractivity contribution in [1.29, 1.82) is 0 Å². The topological polar surface area (TPSA) is 69.7 Å². The molecule has 0 saturated carbocycles. The molecule has 0 radical (unpaired) electrons. The Bertz CT molecular complexity index is 1050. The maximum absolute atomic E-state index is 12.6. The first-order valence-corrected chi connectivity index (χ1v) is 11.6.